The van der Waals surface area contributed by atoms with Crippen LogP contribution in [0.5, 0.6) is 0 Å². The molecule has 1 atom stereocenters. The monoisotopic (exact) mass is 490 g/mol. The van der Waals surface area contributed by atoms with Gasteiger partial charge in [-0.05, 0) is 50.6 Å². The molecule has 10 heteroatoms. The Morgan fingerprint density at radius 2 is 2.06 bits per heavy atom. The van der Waals surface area contributed by atoms with Crippen LogP contribution in [0.3, 0.4) is 0 Å². The highest BCUT2D eigenvalue weighted by Crippen LogP contribution is 2.41. The molecule has 3 N–H and O–H groups in total. The van der Waals surface area contributed by atoms with E-state index in [2.05, 4.69) is 36.7 Å². The van der Waals surface area contributed by atoms with Gasteiger partial charge in [0, 0.05) is 42.9 Å². The maximum Gasteiger partial charge on any atom is 0.228 e. The van der Waals surface area contributed by atoms with Crippen molar-refractivity contribution in [1.29, 1.82) is 5.26 Å². The van der Waals surface area contributed by atoms with E-state index in [-0.39, 0.29) is 13.2 Å². The summed E-state index contributed by atoms with van der Waals surface area (Å²) < 4.78 is 17.2. The molecule has 5 rings (SSSR count). The van der Waals surface area contributed by atoms with Crippen LogP contribution in [0.15, 0.2) is 30.5 Å². The van der Waals surface area contributed by atoms with Crippen molar-refractivity contribution in [3.8, 4) is 17.3 Å². The average molecular weight is 491 g/mol. The minimum atomic E-state index is -1.31. The number of nitrogens with one attached hydrogen (secondary N) is 2. The van der Waals surface area contributed by atoms with Gasteiger partial charge in [-0.25, -0.2) is 19.0 Å². The van der Waals surface area contributed by atoms with Gasteiger partial charge in [-0.15, -0.1) is 0 Å². The predicted octanol–water partition coefficient (Wildman–Crippen LogP) is 3.37. The number of hydrogen-bond donors (Lipinski definition) is 3. The number of aromatic nitrogens is 4. The molecular weight excluding hydrogens is 459 g/mol. The number of benzene rings is 1. The highest BCUT2D eigenvalue weighted by atomic mass is 19.1. The summed E-state index contributed by atoms with van der Waals surface area (Å²) in [6.07, 6.45) is 2.58. The van der Waals surface area contributed by atoms with Gasteiger partial charge in [0.25, 0.3) is 0 Å². The van der Waals surface area contributed by atoms with Crippen molar-refractivity contribution in [3.63, 3.8) is 0 Å². The third-order valence-electron chi connectivity index (χ3n) is 7.32. The number of aliphatic hydroxyl groups excluding tert-OH is 1. The number of likely N-dealkylation sites (tertiary alicyclic amines) is 1. The summed E-state index contributed by atoms with van der Waals surface area (Å²) in [6, 6.07) is 9.66. The molecule has 1 saturated heterocycles. The number of fused-ring (bicyclic) bond motifs is 1. The van der Waals surface area contributed by atoms with Gasteiger partial charge in [-0.3, -0.25) is 0 Å². The summed E-state index contributed by atoms with van der Waals surface area (Å²) >= 11 is 0. The first-order chi connectivity index (χ1) is 17.2. The second kappa shape index (κ2) is 9.15. The van der Waals surface area contributed by atoms with Crippen LogP contribution in [0.1, 0.15) is 36.6 Å². The molecule has 0 unspecified atom stereocenters. The zero-order valence-corrected chi connectivity index (χ0v) is 20.8. The largest absolute Gasteiger partial charge is 0.395 e. The quantitative estimate of drug-likeness (QED) is 0.482. The van der Waals surface area contributed by atoms with E-state index in [4.69, 9.17) is 0 Å². The standard InChI is InChI=1S/C26H31FN8O/c1-17-10-22(35(33-17)15-26(27)5-8-34(3)9-6-26)32-24-29-7-4-21(31-24)18-11-19(13-28)23-20(12-18)25(2,16-36)14-30-23/h4,7,10-12,30,36H,5-6,8-9,14-16H2,1-3H3,(H,29,31,32)/t25-/m1/s1. The summed E-state index contributed by atoms with van der Waals surface area (Å²) in [5, 5.41) is 30.7. The third-order valence-corrected chi connectivity index (χ3v) is 7.32. The number of nitriles is 1. The lowest BCUT2D eigenvalue weighted by molar-refractivity contribution is 0.0504. The second-order valence-electron chi connectivity index (χ2n) is 10.3. The van der Waals surface area contributed by atoms with Gasteiger partial charge >= 0.3 is 0 Å². The lowest BCUT2D eigenvalue weighted by atomic mass is 9.83. The molecule has 0 radical (unpaired) electrons. The van der Waals surface area contributed by atoms with Gasteiger partial charge < -0.3 is 20.6 Å². The predicted molar refractivity (Wildman–Crippen MR) is 136 cm³/mol. The lowest BCUT2D eigenvalue weighted by Crippen LogP contribution is -2.42. The van der Waals surface area contributed by atoms with E-state index in [0.29, 0.717) is 42.4 Å². The SMILES string of the molecule is Cc1cc(Nc2nccc(-c3cc(C#N)c4c(c3)[C@@](C)(CO)CN4)n2)n(CC2(F)CCN(C)CC2)n1. The molecular formula is C26H31FN8O. The molecule has 3 aromatic rings. The summed E-state index contributed by atoms with van der Waals surface area (Å²) in [7, 11) is 2.01. The Labute approximate surface area is 210 Å². The van der Waals surface area contributed by atoms with Crippen LogP contribution in [0.4, 0.5) is 21.8 Å². The fourth-order valence-electron chi connectivity index (χ4n) is 4.97. The Morgan fingerprint density at radius 3 is 2.78 bits per heavy atom. The maximum atomic E-state index is 15.5. The molecule has 0 bridgehead atoms. The molecule has 0 saturated carbocycles. The zero-order chi connectivity index (χ0) is 25.5. The normalized spacial score (nSPS) is 21.0. The van der Waals surface area contributed by atoms with Crippen LogP contribution >= 0.6 is 0 Å². The Hall–Kier alpha value is -3.55. The van der Waals surface area contributed by atoms with Gasteiger partial charge in [0.15, 0.2) is 0 Å². The number of aryl methyl sites for hydroxylation is 1. The summed E-state index contributed by atoms with van der Waals surface area (Å²) in [6.45, 7) is 5.98. The number of piperidine rings is 1. The van der Waals surface area contributed by atoms with Crippen LogP contribution in [0, 0.1) is 18.3 Å². The van der Waals surface area contributed by atoms with Crippen molar-refractivity contribution in [3.05, 3.63) is 47.3 Å². The van der Waals surface area contributed by atoms with Crippen molar-refractivity contribution in [2.75, 3.05) is 43.9 Å². The molecule has 1 fully saturated rings. The van der Waals surface area contributed by atoms with Crippen molar-refractivity contribution >= 4 is 17.5 Å². The van der Waals surface area contributed by atoms with Crippen molar-refractivity contribution < 1.29 is 9.50 Å². The lowest BCUT2D eigenvalue weighted by Gasteiger charge is -2.34. The summed E-state index contributed by atoms with van der Waals surface area (Å²) in [4.78, 5) is 11.2. The molecule has 0 amide bonds. The molecule has 2 aliphatic heterocycles. The Morgan fingerprint density at radius 1 is 1.28 bits per heavy atom. The number of nitrogens with zero attached hydrogens (tertiary/aromatic N) is 6. The van der Waals surface area contributed by atoms with Gasteiger partial charge in [-0.1, -0.05) is 6.92 Å². The molecule has 9 nitrogen and oxygen atoms in total. The Bertz CT molecular complexity index is 1320. The molecule has 188 valence electrons. The first kappa shape index (κ1) is 24.2. The number of halogens is 1. The van der Waals surface area contributed by atoms with Crippen LogP contribution in [0.25, 0.3) is 11.3 Å². The van der Waals surface area contributed by atoms with E-state index in [0.717, 1.165) is 35.6 Å². The summed E-state index contributed by atoms with van der Waals surface area (Å²) in [5.41, 5.74) is 2.55. The molecule has 0 aliphatic carbocycles. The molecule has 1 aromatic carbocycles. The van der Waals surface area contributed by atoms with Gasteiger partial charge in [0.1, 0.15) is 17.6 Å². The number of hydrogen-bond acceptors (Lipinski definition) is 8. The molecule has 2 aromatic heterocycles. The van der Waals surface area contributed by atoms with E-state index in [1.165, 1.54) is 0 Å². The van der Waals surface area contributed by atoms with Crippen molar-refractivity contribution in [2.24, 2.45) is 0 Å². The number of aliphatic hydroxyl groups is 1. The first-order valence-electron chi connectivity index (χ1n) is 12.2. The Balaban J connectivity index is 1.43. The average Bonchev–Trinajstić information content (AvgIpc) is 3.39. The van der Waals surface area contributed by atoms with Gasteiger partial charge in [0.2, 0.25) is 5.95 Å². The summed E-state index contributed by atoms with van der Waals surface area (Å²) in [5.74, 6) is 0.983. The second-order valence-corrected chi connectivity index (χ2v) is 10.3. The van der Waals surface area contributed by atoms with E-state index >= 15 is 4.39 Å². The van der Waals surface area contributed by atoms with E-state index in [9.17, 15) is 10.4 Å². The van der Waals surface area contributed by atoms with Crippen molar-refractivity contribution in [1.82, 2.24) is 24.6 Å². The number of rotatable bonds is 6. The fraction of sp³-hybridized carbons (Fsp3) is 0.462. The Kier molecular flexibility index (Phi) is 6.14. The maximum absolute atomic E-state index is 15.5. The smallest absolute Gasteiger partial charge is 0.228 e. The van der Waals surface area contributed by atoms with Crippen LogP contribution < -0.4 is 10.6 Å². The fourth-order valence-corrected chi connectivity index (χ4v) is 4.97. The van der Waals surface area contributed by atoms with E-state index in [1.54, 1.807) is 23.0 Å². The van der Waals surface area contributed by atoms with Crippen LogP contribution in [-0.2, 0) is 12.0 Å². The highest BCUT2D eigenvalue weighted by Gasteiger charge is 2.36. The molecule has 36 heavy (non-hydrogen) atoms. The van der Waals surface area contributed by atoms with E-state index in [1.807, 2.05) is 33.0 Å². The number of alkyl halides is 1. The van der Waals surface area contributed by atoms with E-state index < -0.39 is 11.1 Å². The number of anilines is 3. The first-order valence-corrected chi connectivity index (χ1v) is 12.2. The molecule has 2 aliphatic rings. The molecule has 0 spiro atoms. The zero-order valence-electron chi connectivity index (χ0n) is 20.8. The van der Waals surface area contributed by atoms with Gasteiger partial charge in [-0.2, -0.15) is 10.4 Å². The van der Waals surface area contributed by atoms with Crippen LogP contribution in [-0.4, -0.2) is 68.7 Å². The van der Waals surface area contributed by atoms with Crippen molar-refractivity contribution in [2.45, 2.75) is 44.3 Å². The highest BCUT2D eigenvalue weighted by molar-refractivity contribution is 5.76. The van der Waals surface area contributed by atoms with Gasteiger partial charge in [0.05, 0.1) is 35.8 Å². The molecule has 4 heterocycles. The topological polar surface area (TPSA) is 115 Å². The third kappa shape index (κ3) is 4.52. The minimum absolute atomic E-state index is 0.0341. The minimum Gasteiger partial charge on any atom is -0.395 e. The van der Waals surface area contributed by atoms with Crippen LogP contribution in [0.2, 0.25) is 0 Å².